The number of benzene rings is 3. The van der Waals surface area contributed by atoms with E-state index in [0.29, 0.717) is 17.3 Å². The lowest BCUT2D eigenvalue weighted by atomic mass is 9.87. The average molecular weight is 507 g/mol. The van der Waals surface area contributed by atoms with Gasteiger partial charge in [-0.1, -0.05) is 39.8 Å². The number of anilines is 1. The van der Waals surface area contributed by atoms with Crippen LogP contribution in [0.15, 0.2) is 69.6 Å². The maximum atomic E-state index is 12.3. The fraction of sp³-hybridized carbons (Fsp3) is 0.259. The normalized spacial score (nSPS) is 11.5. The summed E-state index contributed by atoms with van der Waals surface area (Å²) in [4.78, 5) is 16.9. The Morgan fingerprint density at radius 2 is 1.76 bits per heavy atom. The monoisotopic (exact) mass is 506 g/mol. The molecule has 4 aromatic rings. The van der Waals surface area contributed by atoms with Gasteiger partial charge in [-0.3, -0.25) is 4.79 Å². The van der Waals surface area contributed by atoms with Gasteiger partial charge in [0.25, 0.3) is 5.91 Å². The number of carbonyl (C=O) groups excluding carboxylic acids is 1. The van der Waals surface area contributed by atoms with E-state index in [2.05, 4.69) is 60.0 Å². The molecule has 0 fully saturated rings. The van der Waals surface area contributed by atoms with Crippen LogP contribution in [0.25, 0.3) is 22.6 Å². The number of carbonyl (C=O) groups is 1. The summed E-state index contributed by atoms with van der Waals surface area (Å²) in [6.45, 7) is 8.53. The van der Waals surface area contributed by atoms with Crippen LogP contribution in [0.5, 0.6) is 5.75 Å². The Hall–Kier alpha value is -3.12. The molecule has 33 heavy (non-hydrogen) atoms. The molecule has 1 amide bonds. The van der Waals surface area contributed by atoms with Crippen LogP contribution in [0.4, 0.5) is 5.69 Å². The number of nitrogens with one attached hydrogen (secondary N) is 1. The van der Waals surface area contributed by atoms with Crippen molar-refractivity contribution in [2.45, 2.75) is 39.5 Å². The highest BCUT2D eigenvalue weighted by atomic mass is 79.9. The molecule has 4 rings (SSSR count). The van der Waals surface area contributed by atoms with Gasteiger partial charge in [-0.05, 0) is 87.4 Å². The van der Waals surface area contributed by atoms with Crippen molar-refractivity contribution in [3.05, 3.63) is 76.3 Å². The van der Waals surface area contributed by atoms with Crippen LogP contribution in [-0.2, 0) is 16.6 Å². The average Bonchev–Trinajstić information content (AvgIpc) is 3.22. The van der Waals surface area contributed by atoms with Gasteiger partial charge in [0.05, 0.1) is 4.47 Å². The highest BCUT2D eigenvalue weighted by molar-refractivity contribution is 9.10. The van der Waals surface area contributed by atoms with Gasteiger partial charge in [0.2, 0.25) is 5.89 Å². The first kappa shape index (κ1) is 23.1. The molecule has 1 N–H and O–H groups in total. The molecule has 6 heteroatoms. The summed E-state index contributed by atoms with van der Waals surface area (Å²) in [6.07, 6.45) is 0.928. The highest BCUT2D eigenvalue weighted by Gasteiger charge is 2.14. The first-order valence-corrected chi connectivity index (χ1v) is 11.7. The first-order chi connectivity index (χ1) is 15.7. The summed E-state index contributed by atoms with van der Waals surface area (Å²) >= 11 is 3.56. The van der Waals surface area contributed by atoms with Gasteiger partial charge in [-0.2, -0.15) is 0 Å². The second-order valence-corrected chi connectivity index (χ2v) is 9.84. The number of rotatable bonds is 6. The van der Waals surface area contributed by atoms with Gasteiger partial charge < -0.3 is 14.5 Å². The number of hydrogen-bond acceptors (Lipinski definition) is 4. The number of amides is 1. The number of ether oxygens (including phenoxy) is 1. The van der Waals surface area contributed by atoms with E-state index in [1.165, 1.54) is 11.1 Å². The molecule has 0 saturated carbocycles. The van der Waals surface area contributed by atoms with Crippen LogP contribution in [0, 0.1) is 0 Å². The Bertz CT molecular complexity index is 1270. The zero-order valence-corrected chi connectivity index (χ0v) is 20.8. The summed E-state index contributed by atoms with van der Waals surface area (Å²) in [7, 11) is 0. The second kappa shape index (κ2) is 9.40. The van der Waals surface area contributed by atoms with Crippen molar-refractivity contribution >= 4 is 38.6 Å². The third-order valence-electron chi connectivity index (χ3n) is 5.42. The minimum Gasteiger partial charge on any atom is -0.484 e. The Kier molecular flexibility index (Phi) is 6.56. The van der Waals surface area contributed by atoms with Gasteiger partial charge in [0.1, 0.15) is 11.3 Å². The molecule has 0 aliphatic heterocycles. The van der Waals surface area contributed by atoms with Crippen LogP contribution in [-0.4, -0.2) is 17.5 Å². The Morgan fingerprint density at radius 3 is 2.39 bits per heavy atom. The third kappa shape index (κ3) is 5.45. The first-order valence-electron chi connectivity index (χ1n) is 11.0. The van der Waals surface area contributed by atoms with Gasteiger partial charge in [-0.15, -0.1) is 0 Å². The molecule has 0 bridgehead atoms. The molecule has 0 spiro atoms. The van der Waals surface area contributed by atoms with Crippen molar-refractivity contribution in [3.63, 3.8) is 0 Å². The molecule has 1 aromatic heterocycles. The van der Waals surface area contributed by atoms with Gasteiger partial charge in [-0.25, -0.2) is 4.98 Å². The maximum absolute atomic E-state index is 12.3. The molecule has 170 valence electrons. The van der Waals surface area contributed by atoms with Crippen molar-refractivity contribution in [3.8, 4) is 17.2 Å². The predicted octanol–water partition coefficient (Wildman–Crippen LogP) is 7.13. The number of aromatic nitrogens is 1. The fourth-order valence-electron chi connectivity index (χ4n) is 3.47. The van der Waals surface area contributed by atoms with E-state index >= 15 is 0 Å². The molecule has 0 radical (unpaired) electrons. The van der Waals surface area contributed by atoms with Crippen LogP contribution in [0.3, 0.4) is 0 Å². The lowest BCUT2D eigenvalue weighted by Crippen LogP contribution is -2.20. The van der Waals surface area contributed by atoms with E-state index in [1.807, 2.05) is 54.6 Å². The number of aryl methyl sites for hydroxylation is 1. The lowest BCUT2D eigenvalue weighted by molar-refractivity contribution is -0.118. The number of fused-ring (bicyclic) bond motifs is 1. The van der Waals surface area contributed by atoms with Crippen molar-refractivity contribution in [1.82, 2.24) is 4.98 Å². The topological polar surface area (TPSA) is 64.4 Å². The molecule has 0 saturated heterocycles. The highest BCUT2D eigenvalue weighted by Crippen LogP contribution is 2.31. The number of hydrogen-bond donors (Lipinski definition) is 1. The zero-order valence-electron chi connectivity index (χ0n) is 19.2. The molecule has 0 atom stereocenters. The van der Waals surface area contributed by atoms with E-state index in [1.54, 1.807) is 0 Å². The van der Waals surface area contributed by atoms with Gasteiger partial charge in [0, 0.05) is 11.3 Å². The SMILES string of the molecule is CCc1cc(Br)c2oc(-c3ccc(NC(=O)COc4ccc(C(C)(C)C)cc4)cc3)nc2c1. The van der Waals surface area contributed by atoms with Gasteiger partial charge in [0.15, 0.2) is 12.2 Å². The molecule has 5 nitrogen and oxygen atoms in total. The fourth-order valence-corrected chi connectivity index (χ4v) is 4.05. The summed E-state index contributed by atoms with van der Waals surface area (Å²) in [5, 5.41) is 2.85. The molecule has 3 aromatic carbocycles. The molecule has 0 unspecified atom stereocenters. The van der Waals surface area contributed by atoms with E-state index in [0.717, 1.165) is 27.6 Å². The number of nitrogens with zero attached hydrogens (tertiary/aromatic N) is 1. The Labute approximate surface area is 202 Å². The predicted molar refractivity (Wildman–Crippen MR) is 136 cm³/mol. The quantitative estimate of drug-likeness (QED) is 0.302. The van der Waals surface area contributed by atoms with Crippen LogP contribution in [0.2, 0.25) is 0 Å². The van der Waals surface area contributed by atoms with E-state index in [4.69, 9.17) is 9.15 Å². The summed E-state index contributed by atoms with van der Waals surface area (Å²) < 4.78 is 12.5. The van der Waals surface area contributed by atoms with E-state index < -0.39 is 0 Å². The third-order valence-corrected chi connectivity index (χ3v) is 6.01. The van der Waals surface area contributed by atoms with Crippen molar-refractivity contribution in [2.75, 3.05) is 11.9 Å². The lowest BCUT2D eigenvalue weighted by Gasteiger charge is -2.19. The second-order valence-electron chi connectivity index (χ2n) is 8.99. The Balaban J connectivity index is 1.38. The minimum atomic E-state index is -0.222. The molecule has 1 heterocycles. The zero-order chi connectivity index (χ0) is 23.6. The Morgan fingerprint density at radius 1 is 1.06 bits per heavy atom. The van der Waals surface area contributed by atoms with Crippen molar-refractivity contribution in [1.29, 1.82) is 0 Å². The number of oxazole rings is 1. The van der Waals surface area contributed by atoms with E-state index in [9.17, 15) is 4.79 Å². The van der Waals surface area contributed by atoms with Crippen molar-refractivity contribution in [2.24, 2.45) is 0 Å². The molecular formula is C27H27BrN2O3. The summed E-state index contributed by atoms with van der Waals surface area (Å²) in [5.41, 5.74) is 5.56. The van der Waals surface area contributed by atoms with Crippen LogP contribution >= 0.6 is 15.9 Å². The van der Waals surface area contributed by atoms with Crippen molar-refractivity contribution < 1.29 is 13.9 Å². The van der Waals surface area contributed by atoms with E-state index in [-0.39, 0.29) is 17.9 Å². The maximum Gasteiger partial charge on any atom is 0.262 e. The largest absolute Gasteiger partial charge is 0.484 e. The summed E-state index contributed by atoms with van der Waals surface area (Å²) in [6, 6.07) is 19.3. The van der Waals surface area contributed by atoms with Gasteiger partial charge >= 0.3 is 0 Å². The van der Waals surface area contributed by atoms with Crippen LogP contribution < -0.4 is 10.1 Å². The molecule has 0 aliphatic rings. The summed E-state index contributed by atoms with van der Waals surface area (Å²) in [5.74, 6) is 0.987. The molecular weight excluding hydrogens is 480 g/mol. The van der Waals surface area contributed by atoms with Crippen LogP contribution in [0.1, 0.15) is 38.8 Å². The minimum absolute atomic E-state index is 0.0600. The standard InChI is InChI=1S/C27H27BrN2O3/c1-5-17-14-22(28)25-23(15-17)30-26(33-25)18-6-10-20(11-7-18)29-24(31)16-32-21-12-8-19(9-13-21)27(2,3)4/h6-15H,5,16H2,1-4H3,(H,29,31). The molecule has 0 aliphatic carbocycles. The number of halogens is 1. The smallest absolute Gasteiger partial charge is 0.262 e.